The van der Waals surface area contributed by atoms with Crippen molar-refractivity contribution in [3.63, 3.8) is 0 Å². The molecule has 1 saturated carbocycles. The molecule has 18 heavy (non-hydrogen) atoms. The molecule has 1 aliphatic heterocycles. The van der Waals surface area contributed by atoms with Gasteiger partial charge in [0, 0.05) is 12.5 Å². The van der Waals surface area contributed by atoms with Crippen molar-refractivity contribution in [3.05, 3.63) is 0 Å². The maximum atomic E-state index is 12.0. The molecule has 102 valence electrons. The smallest absolute Gasteiger partial charge is 0.411 e. The molecule has 1 amide bonds. The van der Waals surface area contributed by atoms with Crippen molar-refractivity contribution in [2.75, 3.05) is 6.54 Å². The highest BCUT2D eigenvalue weighted by atomic mass is 16.6. The van der Waals surface area contributed by atoms with Gasteiger partial charge < -0.3 is 9.84 Å². The van der Waals surface area contributed by atoms with Crippen molar-refractivity contribution in [1.29, 1.82) is 0 Å². The second-order valence-corrected chi connectivity index (χ2v) is 6.87. The first kappa shape index (κ1) is 13.2. The standard InChI is InChI=1S/C13H21NO4/c1-12(2,3)18-11(17)14-6-7-8(13(7,4)5)9(14)10(15)16/h7-9H,6H2,1-5H3,(H,15,16)/t7-,8-,9+/m0/s1. The number of rotatable bonds is 1. The molecule has 2 rings (SSSR count). The number of fused-ring (bicyclic) bond motifs is 1. The minimum absolute atomic E-state index is 0.0293. The predicted molar refractivity (Wildman–Crippen MR) is 65.1 cm³/mol. The molecule has 3 atom stereocenters. The van der Waals surface area contributed by atoms with Crippen LogP contribution in [0.15, 0.2) is 0 Å². The van der Waals surface area contributed by atoms with Crippen molar-refractivity contribution in [1.82, 2.24) is 4.90 Å². The van der Waals surface area contributed by atoms with E-state index in [-0.39, 0.29) is 17.3 Å². The van der Waals surface area contributed by atoms with Crippen LogP contribution in [0, 0.1) is 17.3 Å². The number of nitrogens with zero attached hydrogens (tertiary/aromatic N) is 1. The molecule has 0 aromatic carbocycles. The van der Waals surface area contributed by atoms with Crippen LogP contribution >= 0.6 is 0 Å². The highest BCUT2D eigenvalue weighted by molar-refractivity contribution is 5.82. The van der Waals surface area contributed by atoms with E-state index in [1.54, 1.807) is 20.8 Å². The van der Waals surface area contributed by atoms with Crippen LogP contribution in [0.25, 0.3) is 0 Å². The van der Waals surface area contributed by atoms with Crippen LogP contribution in [-0.2, 0) is 9.53 Å². The molecule has 1 aliphatic carbocycles. The molecule has 5 nitrogen and oxygen atoms in total. The first-order valence-corrected chi connectivity index (χ1v) is 6.28. The number of carboxylic acid groups (broad SMARTS) is 1. The van der Waals surface area contributed by atoms with Crippen LogP contribution in [0.2, 0.25) is 0 Å². The highest BCUT2D eigenvalue weighted by Gasteiger charge is 2.70. The van der Waals surface area contributed by atoms with Crippen molar-refractivity contribution in [3.8, 4) is 0 Å². The molecule has 0 spiro atoms. The molecular weight excluding hydrogens is 234 g/mol. The first-order valence-electron chi connectivity index (χ1n) is 6.28. The van der Waals surface area contributed by atoms with Crippen LogP contribution in [0.3, 0.4) is 0 Å². The maximum Gasteiger partial charge on any atom is 0.411 e. The Morgan fingerprint density at radius 1 is 1.33 bits per heavy atom. The van der Waals surface area contributed by atoms with Gasteiger partial charge in [-0.25, -0.2) is 9.59 Å². The lowest BCUT2D eigenvalue weighted by Gasteiger charge is -2.30. The van der Waals surface area contributed by atoms with Gasteiger partial charge in [-0.1, -0.05) is 13.8 Å². The van der Waals surface area contributed by atoms with Gasteiger partial charge in [-0.3, -0.25) is 4.90 Å². The molecule has 0 unspecified atom stereocenters. The Balaban J connectivity index is 2.12. The van der Waals surface area contributed by atoms with Crippen molar-refractivity contribution in [2.45, 2.75) is 46.3 Å². The number of piperidine rings is 1. The fourth-order valence-electron chi connectivity index (χ4n) is 3.08. The number of likely N-dealkylation sites (tertiary alicyclic amines) is 1. The number of amides is 1. The third kappa shape index (κ3) is 1.95. The van der Waals surface area contributed by atoms with Crippen molar-refractivity contribution >= 4 is 12.1 Å². The molecule has 2 aliphatic rings. The van der Waals surface area contributed by atoms with Crippen molar-refractivity contribution in [2.24, 2.45) is 17.3 Å². The molecule has 0 aromatic rings. The molecule has 0 bridgehead atoms. The molecule has 2 fully saturated rings. The first-order chi connectivity index (χ1) is 8.05. The number of carbonyl (C=O) groups excluding carboxylic acids is 1. The van der Waals surface area contributed by atoms with Gasteiger partial charge in [-0.15, -0.1) is 0 Å². The molecule has 0 radical (unpaired) electrons. The summed E-state index contributed by atoms with van der Waals surface area (Å²) in [6.07, 6.45) is -0.516. The van der Waals surface area contributed by atoms with Gasteiger partial charge in [-0.2, -0.15) is 0 Å². The lowest BCUT2D eigenvalue weighted by atomic mass is 10.0. The summed E-state index contributed by atoms with van der Waals surface area (Å²) in [6, 6.07) is -0.736. The predicted octanol–water partition coefficient (Wildman–Crippen LogP) is 1.96. The minimum atomic E-state index is -0.932. The molecular formula is C13H21NO4. The number of hydrogen-bond acceptors (Lipinski definition) is 3. The zero-order valence-electron chi connectivity index (χ0n) is 11.6. The second kappa shape index (κ2) is 3.62. The normalized spacial score (nSPS) is 32.9. The number of aliphatic carboxylic acids is 1. The van der Waals surface area contributed by atoms with Gasteiger partial charge in [0.25, 0.3) is 0 Å². The Morgan fingerprint density at radius 3 is 2.33 bits per heavy atom. The van der Waals surface area contributed by atoms with Gasteiger partial charge >= 0.3 is 12.1 Å². The Labute approximate surface area is 107 Å². The molecule has 5 heteroatoms. The van der Waals surface area contributed by atoms with E-state index in [1.807, 2.05) is 0 Å². The van der Waals surface area contributed by atoms with E-state index in [0.29, 0.717) is 6.54 Å². The monoisotopic (exact) mass is 255 g/mol. The average molecular weight is 255 g/mol. The van der Waals surface area contributed by atoms with E-state index in [4.69, 9.17) is 4.74 Å². The minimum Gasteiger partial charge on any atom is -0.480 e. The fourth-order valence-corrected chi connectivity index (χ4v) is 3.08. The number of hydrogen-bond donors (Lipinski definition) is 1. The zero-order valence-corrected chi connectivity index (χ0v) is 11.6. The molecule has 1 N–H and O–H groups in total. The van der Waals surface area contributed by atoms with E-state index in [9.17, 15) is 14.7 Å². The summed E-state index contributed by atoms with van der Waals surface area (Å²) in [5.74, 6) is -0.590. The molecule has 1 saturated heterocycles. The number of ether oxygens (including phenoxy) is 1. The van der Waals surface area contributed by atoms with Crippen LogP contribution in [0.1, 0.15) is 34.6 Å². The van der Waals surface area contributed by atoms with E-state index in [1.165, 1.54) is 4.90 Å². The third-order valence-corrected chi connectivity index (χ3v) is 4.09. The Kier molecular flexibility index (Phi) is 2.65. The van der Waals surface area contributed by atoms with E-state index in [2.05, 4.69) is 13.8 Å². The average Bonchev–Trinajstić information content (AvgIpc) is 2.59. The van der Waals surface area contributed by atoms with Gasteiger partial charge in [0.1, 0.15) is 11.6 Å². The lowest BCUT2D eigenvalue weighted by molar-refractivity contribution is -0.143. The Morgan fingerprint density at radius 2 is 1.89 bits per heavy atom. The Hall–Kier alpha value is -1.26. The summed E-state index contributed by atoms with van der Waals surface area (Å²) in [7, 11) is 0. The summed E-state index contributed by atoms with van der Waals surface area (Å²) in [6.45, 7) is 9.95. The van der Waals surface area contributed by atoms with Crippen LogP contribution < -0.4 is 0 Å². The lowest BCUT2D eigenvalue weighted by Crippen LogP contribution is -2.47. The van der Waals surface area contributed by atoms with E-state index in [0.717, 1.165) is 0 Å². The summed E-state index contributed by atoms with van der Waals surface area (Å²) in [5, 5.41) is 9.31. The molecule has 0 aromatic heterocycles. The van der Waals surface area contributed by atoms with Gasteiger partial charge in [0.2, 0.25) is 0 Å². The summed E-state index contributed by atoms with van der Waals surface area (Å²) in [5.41, 5.74) is -0.565. The third-order valence-electron chi connectivity index (χ3n) is 4.09. The second-order valence-electron chi connectivity index (χ2n) is 6.87. The van der Waals surface area contributed by atoms with Crippen LogP contribution in [0.4, 0.5) is 4.79 Å². The summed E-state index contributed by atoms with van der Waals surface area (Å²) >= 11 is 0. The van der Waals surface area contributed by atoms with E-state index < -0.39 is 23.7 Å². The Bertz CT molecular complexity index is 396. The van der Waals surface area contributed by atoms with Gasteiger partial charge in [0.15, 0.2) is 0 Å². The van der Waals surface area contributed by atoms with Gasteiger partial charge in [0.05, 0.1) is 0 Å². The van der Waals surface area contributed by atoms with Crippen LogP contribution in [-0.4, -0.2) is 40.3 Å². The summed E-state index contributed by atoms with van der Waals surface area (Å²) < 4.78 is 5.26. The highest BCUT2D eigenvalue weighted by Crippen LogP contribution is 2.64. The van der Waals surface area contributed by atoms with Gasteiger partial charge in [-0.05, 0) is 32.1 Å². The van der Waals surface area contributed by atoms with Crippen LogP contribution in [0.5, 0.6) is 0 Å². The largest absolute Gasteiger partial charge is 0.480 e. The number of carboxylic acids is 1. The van der Waals surface area contributed by atoms with E-state index >= 15 is 0 Å². The zero-order chi connectivity index (χ0) is 13.9. The maximum absolute atomic E-state index is 12.0. The van der Waals surface area contributed by atoms with Crippen molar-refractivity contribution < 1.29 is 19.4 Å². The summed E-state index contributed by atoms with van der Waals surface area (Å²) in [4.78, 5) is 24.7. The number of carbonyl (C=O) groups is 2. The quantitative estimate of drug-likeness (QED) is 0.777. The SMILES string of the molecule is CC(C)(C)OC(=O)N1C[C@H]2[C@@H]([C@@H]1C(=O)O)C2(C)C. The molecule has 1 heterocycles. The topological polar surface area (TPSA) is 66.8 Å². The fraction of sp³-hybridized carbons (Fsp3) is 0.846.